The van der Waals surface area contributed by atoms with Crippen LogP contribution >= 0.6 is 11.5 Å². The summed E-state index contributed by atoms with van der Waals surface area (Å²) in [6.45, 7) is -0.854. The molecule has 24 heavy (non-hydrogen) atoms. The lowest BCUT2D eigenvalue weighted by molar-refractivity contribution is -0.135. The highest BCUT2D eigenvalue weighted by atomic mass is 32.2. The van der Waals surface area contributed by atoms with Crippen molar-refractivity contribution in [1.82, 2.24) is 4.37 Å². The van der Waals surface area contributed by atoms with E-state index >= 15 is 0 Å². The first kappa shape index (κ1) is 18.6. The molecule has 0 saturated carbocycles. The van der Waals surface area contributed by atoms with Gasteiger partial charge in [-0.3, -0.25) is 4.18 Å². The van der Waals surface area contributed by atoms with E-state index in [1.165, 1.54) is 19.2 Å². The summed E-state index contributed by atoms with van der Waals surface area (Å²) in [7, 11) is -2.72. The maximum atomic E-state index is 13.8. The van der Waals surface area contributed by atoms with Crippen LogP contribution in [0.3, 0.4) is 0 Å². The number of ether oxygens (including phenoxy) is 1. The number of methoxy groups -OCH3 is 1. The summed E-state index contributed by atoms with van der Waals surface area (Å²) < 4.78 is 88.0. The molecule has 0 aliphatic rings. The highest BCUT2D eigenvalue weighted by molar-refractivity contribution is 7.85. The predicted octanol–water partition coefficient (Wildman–Crippen LogP) is 3.45. The molecule has 1 aromatic heterocycles. The molecule has 0 atom stereocenters. The lowest BCUT2D eigenvalue weighted by Gasteiger charge is -2.09. The van der Waals surface area contributed by atoms with E-state index in [4.69, 9.17) is 4.74 Å². The van der Waals surface area contributed by atoms with E-state index in [0.717, 1.165) is 6.07 Å². The largest absolute Gasteiger partial charge is 0.494 e. The first-order chi connectivity index (χ1) is 11.0. The molecule has 2 rings (SSSR count). The minimum Gasteiger partial charge on any atom is -0.494 e. The Morgan fingerprint density at radius 3 is 2.46 bits per heavy atom. The molecule has 0 N–H and O–H groups in total. The number of halogens is 4. The average Bonchev–Trinajstić information content (AvgIpc) is 2.88. The minimum atomic E-state index is -4.74. The smallest absolute Gasteiger partial charge is 0.427 e. The minimum absolute atomic E-state index is 0.0483. The van der Waals surface area contributed by atoms with Crippen LogP contribution in [0, 0.1) is 5.82 Å². The number of benzene rings is 1. The van der Waals surface area contributed by atoms with Gasteiger partial charge in [0.15, 0.2) is 11.6 Å². The standard InChI is InChI=1S/C13H11F4NO4S2/c1-21-10-4-3-7(5-9(10)14)11-8(6-22-24(2,19)20)12(23-18-11)13(15,16)17/h3-5H,6H2,1-2H3. The summed E-state index contributed by atoms with van der Waals surface area (Å²) in [6.07, 6.45) is -4.02. The molecule has 0 amide bonds. The fraction of sp³-hybridized carbons (Fsp3) is 0.308. The van der Waals surface area contributed by atoms with Gasteiger partial charge in [0.1, 0.15) is 4.88 Å². The fourth-order valence-corrected chi connectivity index (χ4v) is 2.97. The Morgan fingerprint density at radius 1 is 1.29 bits per heavy atom. The molecule has 0 saturated heterocycles. The Balaban J connectivity index is 2.53. The van der Waals surface area contributed by atoms with E-state index in [-0.39, 0.29) is 28.5 Å². The normalized spacial score (nSPS) is 12.4. The number of rotatable bonds is 5. The van der Waals surface area contributed by atoms with Gasteiger partial charge < -0.3 is 4.74 Å². The summed E-state index contributed by atoms with van der Waals surface area (Å²) in [5, 5.41) is 0. The molecule has 2 aromatic rings. The Hall–Kier alpha value is -1.72. The number of hydrogen-bond donors (Lipinski definition) is 0. The van der Waals surface area contributed by atoms with Crippen molar-refractivity contribution in [3.8, 4) is 17.0 Å². The maximum absolute atomic E-state index is 13.8. The number of aromatic nitrogens is 1. The Bertz CT molecular complexity index is 846. The number of alkyl halides is 3. The number of nitrogens with zero attached hydrogens (tertiary/aromatic N) is 1. The lowest BCUT2D eigenvalue weighted by atomic mass is 10.1. The van der Waals surface area contributed by atoms with Crippen LogP contribution in [0.2, 0.25) is 0 Å². The van der Waals surface area contributed by atoms with E-state index in [2.05, 4.69) is 8.56 Å². The molecular weight excluding hydrogens is 374 g/mol. The molecule has 0 aliphatic heterocycles. The van der Waals surface area contributed by atoms with Gasteiger partial charge in [0, 0.05) is 11.1 Å². The van der Waals surface area contributed by atoms with Gasteiger partial charge >= 0.3 is 6.18 Å². The predicted molar refractivity (Wildman–Crippen MR) is 78.7 cm³/mol. The summed E-state index contributed by atoms with van der Waals surface area (Å²) in [4.78, 5) is -1.10. The van der Waals surface area contributed by atoms with E-state index < -0.39 is 39.2 Å². The second-order valence-electron chi connectivity index (χ2n) is 4.65. The highest BCUT2D eigenvalue weighted by Crippen LogP contribution is 2.40. The zero-order chi connectivity index (χ0) is 18.1. The van der Waals surface area contributed by atoms with Crippen LogP contribution in [0.5, 0.6) is 5.75 Å². The third-order valence-corrected chi connectivity index (χ3v) is 4.37. The molecule has 0 unspecified atom stereocenters. The van der Waals surface area contributed by atoms with Crippen molar-refractivity contribution in [3.63, 3.8) is 0 Å². The Kier molecular flexibility index (Phi) is 5.16. The molecule has 1 heterocycles. The lowest BCUT2D eigenvalue weighted by Crippen LogP contribution is -2.09. The second-order valence-corrected chi connectivity index (χ2v) is 7.07. The summed E-state index contributed by atoms with van der Waals surface area (Å²) in [6, 6.07) is 3.51. The van der Waals surface area contributed by atoms with Crippen LogP contribution < -0.4 is 4.74 Å². The SMILES string of the molecule is COc1ccc(-c2nsc(C(F)(F)F)c2COS(C)(=O)=O)cc1F. The van der Waals surface area contributed by atoms with Gasteiger partial charge in [0.2, 0.25) is 0 Å². The van der Waals surface area contributed by atoms with Gasteiger partial charge in [0.25, 0.3) is 10.1 Å². The topological polar surface area (TPSA) is 65.5 Å². The fourth-order valence-electron chi connectivity index (χ4n) is 1.87. The Morgan fingerprint density at radius 2 is 1.96 bits per heavy atom. The molecular formula is C13H11F4NO4S2. The van der Waals surface area contributed by atoms with Crippen molar-refractivity contribution in [2.45, 2.75) is 12.8 Å². The van der Waals surface area contributed by atoms with Crippen molar-refractivity contribution in [2.24, 2.45) is 0 Å². The van der Waals surface area contributed by atoms with Crippen LogP contribution in [-0.4, -0.2) is 26.2 Å². The van der Waals surface area contributed by atoms with Gasteiger partial charge in [-0.25, -0.2) is 4.39 Å². The third-order valence-electron chi connectivity index (χ3n) is 2.89. The molecule has 5 nitrogen and oxygen atoms in total. The second kappa shape index (κ2) is 6.65. The molecule has 0 aliphatic carbocycles. The van der Waals surface area contributed by atoms with Crippen molar-refractivity contribution in [3.05, 3.63) is 34.5 Å². The van der Waals surface area contributed by atoms with E-state index in [0.29, 0.717) is 6.26 Å². The summed E-state index contributed by atoms with van der Waals surface area (Å²) in [5.41, 5.74) is -0.618. The van der Waals surface area contributed by atoms with Gasteiger partial charge in [-0.05, 0) is 29.7 Å². The van der Waals surface area contributed by atoms with Crippen molar-refractivity contribution in [1.29, 1.82) is 0 Å². The summed E-state index contributed by atoms with van der Waals surface area (Å²) >= 11 is 0.141. The van der Waals surface area contributed by atoms with Crippen LogP contribution in [0.15, 0.2) is 18.2 Å². The monoisotopic (exact) mass is 385 g/mol. The van der Waals surface area contributed by atoms with E-state index in [1.807, 2.05) is 0 Å². The molecule has 0 radical (unpaired) electrons. The van der Waals surface area contributed by atoms with Crippen LogP contribution in [0.25, 0.3) is 11.3 Å². The van der Waals surface area contributed by atoms with Crippen molar-refractivity contribution >= 4 is 21.7 Å². The third kappa shape index (κ3) is 4.22. The summed E-state index contributed by atoms with van der Waals surface area (Å²) in [5.74, 6) is -0.870. The van der Waals surface area contributed by atoms with Crippen LogP contribution in [0.4, 0.5) is 17.6 Å². The molecule has 11 heteroatoms. The molecule has 0 bridgehead atoms. The Labute approximate surface area is 139 Å². The first-order valence-electron chi connectivity index (χ1n) is 6.27. The molecule has 0 spiro atoms. The quantitative estimate of drug-likeness (QED) is 0.583. The van der Waals surface area contributed by atoms with Crippen LogP contribution in [-0.2, 0) is 27.1 Å². The van der Waals surface area contributed by atoms with Crippen molar-refractivity contribution in [2.75, 3.05) is 13.4 Å². The molecule has 0 fully saturated rings. The first-order valence-corrected chi connectivity index (χ1v) is 8.86. The van der Waals surface area contributed by atoms with Crippen molar-refractivity contribution < 1.29 is 34.9 Å². The molecule has 132 valence electrons. The zero-order valence-electron chi connectivity index (χ0n) is 12.3. The molecule has 1 aromatic carbocycles. The highest BCUT2D eigenvalue weighted by Gasteiger charge is 2.38. The van der Waals surface area contributed by atoms with Gasteiger partial charge in [-0.1, -0.05) is 0 Å². The zero-order valence-corrected chi connectivity index (χ0v) is 14.0. The van der Waals surface area contributed by atoms with Gasteiger partial charge in [-0.2, -0.15) is 26.0 Å². The van der Waals surface area contributed by atoms with Gasteiger partial charge in [0.05, 0.1) is 25.7 Å². The maximum Gasteiger partial charge on any atom is 0.427 e. The van der Waals surface area contributed by atoms with E-state index in [1.54, 1.807) is 0 Å². The van der Waals surface area contributed by atoms with Crippen LogP contribution in [0.1, 0.15) is 10.4 Å². The van der Waals surface area contributed by atoms with E-state index in [9.17, 15) is 26.0 Å². The van der Waals surface area contributed by atoms with Gasteiger partial charge in [-0.15, -0.1) is 0 Å². The average molecular weight is 385 g/mol. The number of hydrogen-bond acceptors (Lipinski definition) is 6.